The fourth-order valence-electron chi connectivity index (χ4n) is 4.02. The Kier molecular flexibility index (Phi) is 7.07. The number of rotatable bonds is 7. The number of fused-ring (bicyclic) bond motifs is 1. The molecule has 1 atom stereocenters. The molecule has 1 unspecified atom stereocenters. The normalized spacial score (nSPS) is 15.3. The summed E-state index contributed by atoms with van der Waals surface area (Å²) in [7, 11) is 4.69. The summed E-state index contributed by atoms with van der Waals surface area (Å²) in [6.07, 6.45) is 1.79. The first-order valence-corrected chi connectivity index (χ1v) is 11.8. The Hall–Kier alpha value is -3.85. The van der Waals surface area contributed by atoms with E-state index in [2.05, 4.69) is 4.99 Å². The average molecular weight is 495 g/mol. The quantitative estimate of drug-likeness (QED) is 0.470. The molecule has 35 heavy (non-hydrogen) atoms. The third-order valence-corrected chi connectivity index (χ3v) is 6.62. The van der Waals surface area contributed by atoms with Crippen molar-refractivity contribution >= 4 is 23.4 Å². The molecule has 4 rings (SSSR count). The van der Waals surface area contributed by atoms with Crippen LogP contribution in [-0.4, -0.2) is 38.5 Å². The highest BCUT2D eigenvalue weighted by Crippen LogP contribution is 2.37. The van der Waals surface area contributed by atoms with Gasteiger partial charge in [-0.15, -0.1) is 0 Å². The van der Waals surface area contributed by atoms with Crippen molar-refractivity contribution in [1.82, 2.24) is 4.57 Å². The second-order valence-electron chi connectivity index (χ2n) is 7.69. The molecule has 0 fully saturated rings. The number of carbonyl (C=O) groups is 1. The van der Waals surface area contributed by atoms with Crippen LogP contribution in [-0.2, 0) is 9.53 Å². The van der Waals surface area contributed by atoms with E-state index in [0.717, 1.165) is 5.56 Å². The lowest BCUT2D eigenvalue weighted by atomic mass is 9.94. The van der Waals surface area contributed by atoms with Crippen molar-refractivity contribution in [2.24, 2.45) is 4.99 Å². The number of methoxy groups -OCH3 is 3. The third-order valence-electron chi connectivity index (χ3n) is 5.64. The highest BCUT2D eigenvalue weighted by atomic mass is 32.1. The zero-order chi connectivity index (χ0) is 25.1. The molecule has 0 amide bonds. The monoisotopic (exact) mass is 494 g/mol. The Labute approximate surface area is 206 Å². The van der Waals surface area contributed by atoms with Crippen LogP contribution in [0.4, 0.5) is 0 Å². The molecule has 0 saturated carbocycles. The van der Waals surface area contributed by atoms with Crippen molar-refractivity contribution in [1.29, 1.82) is 0 Å². The zero-order valence-corrected chi connectivity index (χ0v) is 21.0. The van der Waals surface area contributed by atoms with E-state index in [1.807, 2.05) is 24.3 Å². The van der Waals surface area contributed by atoms with Gasteiger partial charge in [0, 0.05) is 5.56 Å². The van der Waals surface area contributed by atoms with Crippen molar-refractivity contribution in [2.75, 3.05) is 27.9 Å². The molecule has 0 radical (unpaired) electrons. The van der Waals surface area contributed by atoms with Crippen LogP contribution in [0.2, 0.25) is 0 Å². The van der Waals surface area contributed by atoms with Gasteiger partial charge in [-0.3, -0.25) is 9.36 Å². The van der Waals surface area contributed by atoms with Gasteiger partial charge in [-0.05, 0) is 55.8 Å². The largest absolute Gasteiger partial charge is 0.497 e. The SMILES string of the molecule is CCOC(=O)C1=C(C)N=c2s/c(=C/c3cccc(OC)c3)c(=O)n2C1c1cc(OC)ccc1OC. The van der Waals surface area contributed by atoms with E-state index in [1.165, 1.54) is 15.9 Å². The number of ether oxygens (including phenoxy) is 4. The summed E-state index contributed by atoms with van der Waals surface area (Å²) >= 11 is 1.25. The van der Waals surface area contributed by atoms with Crippen LogP contribution < -0.4 is 29.1 Å². The fraction of sp³-hybridized carbons (Fsp3) is 0.269. The highest BCUT2D eigenvalue weighted by molar-refractivity contribution is 7.07. The highest BCUT2D eigenvalue weighted by Gasteiger charge is 2.35. The molecule has 2 aromatic carbocycles. The summed E-state index contributed by atoms with van der Waals surface area (Å²) in [6.45, 7) is 3.67. The summed E-state index contributed by atoms with van der Waals surface area (Å²) in [5.41, 5.74) is 1.89. The summed E-state index contributed by atoms with van der Waals surface area (Å²) in [5.74, 6) is 1.23. The van der Waals surface area contributed by atoms with E-state index in [1.54, 1.807) is 59.5 Å². The number of esters is 1. The Bertz CT molecular complexity index is 1480. The zero-order valence-electron chi connectivity index (χ0n) is 20.2. The smallest absolute Gasteiger partial charge is 0.338 e. The van der Waals surface area contributed by atoms with Crippen molar-refractivity contribution in [3.05, 3.63) is 84.5 Å². The lowest BCUT2D eigenvalue weighted by molar-refractivity contribution is -0.139. The fourth-order valence-corrected chi connectivity index (χ4v) is 5.07. The van der Waals surface area contributed by atoms with Gasteiger partial charge in [-0.25, -0.2) is 9.79 Å². The van der Waals surface area contributed by atoms with Crippen LogP contribution in [0, 0.1) is 0 Å². The van der Waals surface area contributed by atoms with Gasteiger partial charge in [0.25, 0.3) is 5.56 Å². The standard InChI is InChI=1S/C26H26N2O6S/c1-6-34-25(30)22-15(2)27-26-28(23(22)19-14-18(32-4)10-11-20(19)33-5)24(29)21(35-26)13-16-8-7-9-17(12-16)31-3/h7-14,23H,6H2,1-5H3/b21-13+. The Morgan fingerprint density at radius 1 is 1.09 bits per heavy atom. The average Bonchev–Trinajstić information content (AvgIpc) is 3.17. The van der Waals surface area contributed by atoms with Gasteiger partial charge < -0.3 is 18.9 Å². The molecule has 0 N–H and O–H groups in total. The molecule has 3 aromatic rings. The number of carbonyl (C=O) groups excluding carboxylic acids is 1. The number of aromatic nitrogens is 1. The van der Waals surface area contributed by atoms with Gasteiger partial charge in [-0.2, -0.15) is 0 Å². The summed E-state index contributed by atoms with van der Waals surface area (Å²) in [5, 5.41) is 0. The molecular formula is C26H26N2O6S. The van der Waals surface area contributed by atoms with Gasteiger partial charge >= 0.3 is 5.97 Å². The molecule has 1 aliphatic heterocycles. The molecule has 2 heterocycles. The predicted molar refractivity (Wildman–Crippen MR) is 133 cm³/mol. The molecule has 0 saturated heterocycles. The summed E-state index contributed by atoms with van der Waals surface area (Å²) in [6, 6.07) is 11.9. The van der Waals surface area contributed by atoms with Crippen molar-refractivity contribution in [2.45, 2.75) is 19.9 Å². The van der Waals surface area contributed by atoms with E-state index in [0.29, 0.717) is 37.8 Å². The number of thiazole rings is 1. The molecule has 1 aromatic heterocycles. The Morgan fingerprint density at radius 2 is 1.83 bits per heavy atom. The first-order chi connectivity index (χ1) is 16.9. The Balaban J connectivity index is 2.00. The lowest BCUT2D eigenvalue weighted by Crippen LogP contribution is -2.40. The molecule has 8 nitrogen and oxygen atoms in total. The maximum absolute atomic E-state index is 13.7. The molecule has 182 valence electrons. The van der Waals surface area contributed by atoms with E-state index in [-0.39, 0.29) is 17.7 Å². The van der Waals surface area contributed by atoms with Crippen LogP contribution in [0.3, 0.4) is 0 Å². The minimum Gasteiger partial charge on any atom is -0.497 e. The number of nitrogens with zero attached hydrogens (tertiary/aromatic N) is 2. The van der Waals surface area contributed by atoms with Crippen LogP contribution in [0.1, 0.15) is 31.0 Å². The topological polar surface area (TPSA) is 88.4 Å². The number of hydrogen-bond acceptors (Lipinski definition) is 8. The van der Waals surface area contributed by atoms with E-state index in [9.17, 15) is 9.59 Å². The molecule has 1 aliphatic rings. The van der Waals surface area contributed by atoms with Gasteiger partial charge in [0.05, 0.1) is 43.7 Å². The minimum absolute atomic E-state index is 0.192. The predicted octanol–water partition coefficient (Wildman–Crippen LogP) is 2.82. The molecule has 9 heteroatoms. The van der Waals surface area contributed by atoms with Gasteiger partial charge in [0.1, 0.15) is 23.3 Å². The summed E-state index contributed by atoms with van der Waals surface area (Å²) < 4.78 is 23.7. The first kappa shape index (κ1) is 24.3. The third kappa shape index (κ3) is 4.59. The Morgan fingerprint density at radius 3 is 2.51 bits per heavy atom. The van der Waals surface area contributed by atoms with Crippen LogP contribution in [0.15, 0.2) is 63.5 Å². The van der Waals surface area contributed by atoms with Gasteiger partial charge in [-0.1, -0.05) is 23.5 Å². The van der Waals surface area contributed by atoms with E-state index in [4.69, 9.17) is 18.9 Å². The maximum atomic E-state index is 13.7. The van der Waals surface area contributed by atoms with Crippen molar-refractivity contribution in [3.63, 3.8) is 0 Å². The summed E-state index contributed by atoms with van der Waals surface area (Å²) in [4.78, 5) is 31.9. The van der Waals surface area contributed by atoms with Crippen molar-refractivity contribution in [3.8, 4) is 17.2 Å². The molecule has 0 bridgehead atoms. The number of allylic oxidation sites excluding steroid dienone is 1. The van der Waals surface area contributed by atoms with Crippen molar-refractivity contribution < 1.29 is 23.7 Å². The van der Waals surface area contributed by atoms with Crippen LogP contribution in [0.5, 0.6) is 17.2 Å². The van der Waals surface area contributed by atoms with Gasteiger partial charge in [0.2, 0.25) is 0 Å². The van der Waals surface area contributed by atoms with E-state index >= 15 is 0 Å². The van der Waals surface area contributed by atoms with Gasteiger partial charge in [0.15, 0.2) is 4.80 Å². The second-order valence-corrected chi connectivity index (χ2v) is 8.70. The lowest BCUT2D eigenvalue weighted by Gasteiger charge is -2.26. The van der Waals surface area contributed by atoms with Crippen LogP contribution in [0.25, 0.3) is 6.08 Å². The second kappa shape index (κ2) is 10.2. The van der Waals surface area contributed by atoms with Crippen LogP contribution >= 0.6 is 11.3 Å². The minimum atomic E-state index is -0.803. The number of benzene rings is 2. The first-order valence-electron chi connectivity index (χ1n) is 11.0. The van der Waals surface area contributed by atoms with E-state index < -0.39 is 12.0 Å². The molecule has 0 aliphatic carbocycles. The molecule has 0 spiro atoms. The maximum Gasteiger partial charge on any atom is 0.338 e. The number of hydrogen-bond donors (Lipinski definition) is 0. The molecular weight excluding hydrogens is 468 g/mol.